The SMILES string of the molecule is CC(C)(C)C1=CC(=C(c2ccccc2)c2ccc(C(=C3C=C(C(C)(C)C)C(=O)C(C(C)(C)C)=C3)c3ccccc3)o2)C=C(C(C)(C)C)C1=O. The van der Waals surface area contributed by atoms with Gasteiger partial charge in [0.2, 0.25) is 0 Å². The lowest BCUT2D eigenvalue weighted by atomic mass is 9.71. The minimum Gasteiger partial charge on any atom is -0.456 e. The summed E-state index contributed by atoms with van der Waals surface area (Å²) in [6, 6.07) is 24.6. The quantitative estimate of drug-likeness (QED) is 0.282. The number of carbonyl (C=O) groups is 2. The van der Waals surface area contributed by atoms with Gasteiger partial charge in [-0.1, -0.05) is 144 Å². The predicted octanol–water partition coefficient (Wildman–Crippen LogP) is 11.9. The van der Waals surface area contributed by atoms with Crippen LogP contribution in [0.2, 0.25) is 0 Å². The summed E-state index contributed by atoms with van der Waals surface area (Å²) in [5.41, 5.74) is 7.51. The van der Waals surface area contributed by atoms with Gasteiger partial charge in [-0.05, 0) is 80.4 Å². The number of hydrogen-bond acceptors (Lipinski definition) is 3. The average Bonchev–Trinajstić information content (AvgIpc) is 3.46. The number of allylic oxidation sites excluding steroid dienone is 10. The van der Waals surface area contributed by atoms with Crippen molar-refractivity contribution in [1.82, 2.24) is 0 Å². The highest BCUT2D eigenvalue weighted by molar-refractivity contribution is 6.13. The van der Waals surface area contributed by atoms with Gasteiger partial charge in [0.15, 0.2) is 11.6 Å². The van der Waals surface area contributed by atoms with E-state index in [2.05, 4.69) is 132 Å². The number of ketones is 2. The van der Waals surface area contributed by atoms with Crippen molar-refractivity contribution in [3.8, 4) is 0 Å². The number of rotatable bonds is 4. The van der Waals surface area contributed by atoms with Crippen LogP contribution in [0.1, 0.15) is 106 Å². The molecule has 0 fully saturated rings. The van der Waals surface area contributed by atoms with Gasteiger partial charge >= 0.3 is 0 Å². The van der Waals surface area contributed by atoms with E-state index in [9.17, 15) is 9.59 Å². The number of furan rings is 1. The number of carbonyl (C=O) groups excluding carboxylic acids is 2. The van der Waals surface area contributed by atoms with Gasteiger partial charge in [-0.15, -0.1) is 0 Å². The van der Waals surface area contributed by atoms with Crippen LogP contribution in [-0.4, -0.2) is 11.6 Å². The Bertz CT molecular complexity index is 1750. The fourth-order valence-electron chi connectivity index (χ4n) is 6.49. The lowest BCUT2D eigenvalue weighted by Crippen LogP contribution is -2.28. The number of benzene rings is 2. The Morgan fingerprint density at radius 2 is 0.673 bits per heavy atom. The van der Waals surface area contributed by atoms with Crippen LogP contribution in [0.15, 0.2) is 135 Å². The molecule has 49 heavy (non-hydrogen) atoms. The molecular formula is C46H52O3. The monoisotopic (exact) mass is 652 g/mol. The van der Waals surface area contributed by atoms with Crippen molar-refractivity contribution in [2.24, 2.45) is 21.7 Å². The van der Waals surface area contributed by atoms with Crippen molar-refractivity contribution in [2.45, 2.75) is 83.1 Å². The maximum absolute atomic E-state index is 13.9. The summed E-state index contributed by atoms with van der Waals surface area (Å²) in [6.45, 7) is 25.2. The summed E-state index contributed by atoms with van der Waals surface area (Å²) in [6.07, 6.45) is 8.23. The molecular weight excluding hydrogens is 601 g/mol. The molecule has 1 aromatic heterocycles. The van der Waals surface area contributed by atoms with Crippen molar-refractivity contribution in [1.29, 1.82) is 0 Å². The molecule has 3 nitrogen and oxygen atoms in total. The second-order valence-electron chi connectivity index (χ2n) is 17.4. The summed E-state index contributed by atoms with van der Waals surface area (Å²) in [4.78, 5) is 27.8. The van der Waals surface area contributed by atoms with Crippen molar-refractivity contribution in [3.05, 3.63) is 153 Å². The molecule has 2 aliphatic rings. The molecule has 0 N–H and O–H groups in total. The third-order valence-electron chi connectivity index (χ3n) is 9.21. The van der Waals surface area contributed by atoms with Gasteiger partial charge in [0.1, 0.15) is 11.5 Å². The number of Topliss-reactive ketones (excluding diaryl/α,β-unsaturated/α-hetero) is 2. The summed E-state index contributed by atoms with van der Waals surface area (Å²) < 4.78 is 6.96. The van der Waals surface area contributed by atoms with E-state index in [0.29, 0.717) is 11.5 Å². The molecule has 254 valence electrons. The molecule has 0 aliphatic heterocycles. The lowest BCUT2D eigenvalue weighted by Gasteiger charge is -2.32. The summed E-state index contributed by atoms with van der Waals surface area (Å²) >= 11 is 0. The molecule has 0 unspecified atom stereocenters. The number of hydrogen-bond donors (Lipinski definition) is 0. The minimum atomic E-state index is -0.347. The zero-order chi connectivity index (χ0) is 36.1. The van der Waals surface area contributed by atoms with E-state index in [-0.39, 0.29) is 33.2 Å². The molecule has 1 heterocycles. The van der Waals surface area contributed by atoms with Crippen LogP contribution in [0.3, 0.4) is 0 Å². The van der Waals surface area contributed by atoms with Crippen molar-refractivity contribution in [3.63, 3.8) is 0 Å². The van der Waals surface area contributed by atoms with Gasteiger partial charge in [0.25, 0.3) is 0 Å². The van der Waals surface area contributed by atoms with Crippen LogP contribution in [0, 0.1) is 21.7 Å². The Hall–Kier alpha value is -4.50. The highest BCUT2D eigenvalue weighted by atomic mass is 16.3. The van der Waals surface area contributed by atoms with E-state index in [4.69, 9.17) is 4.42 Å². The van der Waals surface area contributed by atoms with E-state index in [1.807, 2.05) is 48.5 Å². The third kappa shape index (κ3) is 7.42. The molecule has 0 amide bonds. The first-order valence-corrected chi connectivity index (χ1v) is 17.4. The van der Waals surface area contributed by atoms with Gasteiger partial charge in [0.05, 0.1) is 0 Å². The largest absolute Gasteiger partial charge is 0.456 e. The van der Waals surface area contributed by atoms with Crippen molar-refractivity contribution >= 4 is 22.7 Å². The zero-order valence-corrected chi connectivity index (χ0v) is 31.5. The minimum absolute atomic E-state index is 0.0992. The van der Waals surface area contributed by atoms with E-state index in [1.54, 1.807) is 0 Å². The molecule has 0 spiro atoms. The molecule has 2 aliphatic carbocycles. The Balaban J connectivity index is 1.85. The van der Waals surface area contributed by atoms with Gasteiger partial charge in [-0.3, -0.25) is 9.59 Å². The molecule has 5 rings (SSSR count). The Kier molecular flexibility index (Phi) is 9.32. The standard InChI is InChI=1S/C46H52O3/c1-43(2,3)33-25-31(26-34(41(33)47)44(4,5)6)39(29-19-15-13-16-20-29)37-23-24-38(49-37)40(30-21-17-14-18-22-30)32-27-35(45(7,8)9)42(48)36(28-32)46(10,11)12/h13-28H,1-12H3. The first-order chi connectivity index (χ1) is 22.7. The van der Waals surface area contributed by atoms with Crippen LogP contribution in [0.5, 0.6) is 0 Å². The van der Waals surface area contributed by atoms with Gasteiger partial charge in [0, 0.05) is 33.4 Å². The topological polar surface area (TPSA) is 47.3 Å². The van der Waals surface area contributed by atoms with Crippen LogP contribution in [0.4, 0.5) is 0 Å². The Morgan fingerprint density at radius 1 is 0.408 bits per heavy atom. The average molecular weight is 653 g/mol. The summed E-state index contributed by atoms with van der Waals surface area (Å²) in [5, 5.41) is 0. The molecule has 2 aromatic carbocycles. The molecule has 0 radical (unpaired) electrons. The van der Waals surface area contributed by atoms with Crippen LogP contribution in [0.25, 0.3) is 11.1 Å². The predicted molar refractivity (Wildman–Crippen MR) is 204 cm³/mol. The molecule has 3 aromatic rings. The third-order valence-corrected chi connectivity index (χ3v) is 9.21. The van der Waals surface area contributed by atoms with Gasteiger partial charge in [-0.25, -0.2) is 0 Å². The van der Waals surface area contributed by atoms with E-state index in [0.717, 1.165) is 55.7 Å². The summed E-state index contributed by atoms with van der Waals surface area (Å²) in [7, 11) is 0. The second kappa shape index (κ2) is 12.8. The van der Waals surface area contributed by atoms with Crippen LogP contribution >= 0.6 is 0 Å². The Labute approximate surface area is 293 Å². The molecule has 3 heteroatoms. The van der Waals surface area contributed by atoms with Gasteiger partial charge < -0.3 is 4.42 Å². The fourth-order valence-corrected chi connectivity index (χ4v) is 6.49. The maximum atomic E-state index is 13.9. The van der Waals surface area contributed by atoms with Crippen LogP contribution in [-0.2, 0) is 9.59 Å². The van der Waals surface area contributed by atoms with Crippen LogP contribution < -0.4 is 0 Å². The molecule has 0 bridgehead atoms. The highest BCUT2D eigenvalue weighted by Gasteiger charge is 2.37. The van der Waals surface area contributed by atoms with E-state index in [1.165, 1.54) is 0 Å². The summed E-state index contributed by atoms with van der Waals surface area (Å²) in [5.74, 6) is 1.62. The first-order valence-electron chi connectivity index (χ1n) is 17.4. The van der Waals surface area contributed by atoms with Crippen molar-refractivity contribution < 1.29 is 14.0 Å². The molecule has 0 saturated heterocycles. The second-order valence-corrected chi connectivity index (χ2v) is 17.4. The fraction of sp³-hybridized carbons (Fsp3) is 0.348. The molecule has 0 saturated carbocycles. The maximum Gasteiger partial charge on any atom is 0.186 e. The van der Waals surface area contributed by atoms with E-state index < -0.39 is 0 Å². The van der Waals surface area contributed by atoms with Gasteiger partial charge in [-0.2, -0.15) is 0 Å². The Morgan fingerprint density at radius 3 is 0.918 bits per heavy atom. The zero-order valence-electron chi connectivity index (χ0n) is 31.5. The normalized spacial score (nSPS) is 16.2. The lowest BCUT2D eigenvalue weighted by molar-refractivity contribution is -0.114. The highest BCUT2D eigenvalue weighted by Crippen LogP contribution is 2.45. The first kappa shape index (κ1) is 35.8. The van der Waals surface area contributed by atoms with E-state index >= 15 is 0 Å². The smallest absolute Gasteiger partial charge is 0.186 e. The van der Waals surface area contributed by atoms with Crippen molar-refractivity contribution in [2.75, 3.05) is 0 Å². The molecule has 0 atom stereocenters.